The van der Waals surface area contributed by atoms with Gasteiger partial charge in [-0.25, -0.2) is 14.2 Å². The summed E-state index contributed by atoms with van der Waals surface area (Å²) in [6.45, 7) is -1.24. The van der Waals surface area contributed by atoms with Gasteiger partial charge in [0.25, 0.3) is 0 Å². The Bertz CT molecular complexity index is 461. The molecule has 18 heavy (non-hydrogen) atoms. The highest BCUT2D eigenvalue weighted by Gasteiger charge is 2.34. The van der Waals surface area contributed by atoms with Gasteiger partial charge in [-0.1, -0.05) is 0 Å². The van der Waals surface area contributed by atoms with E-state index in [-0.39, 0.29) is 0 Å². The highest BCUT2D eigenvalue weighted by molar-refractivity contribution is 5.89. The van der Waals surface area contributed by atoms with Crippen LogP contribution >= 0.6 is 0 Å². The number of ether oxygens (including phenoxy) is 2. The van der Waals surface area contributed by atoms with E-state index < -0.39 is 41.9 Å². The molecule has 0 saturated heterocycles. The minimum absolute atomic E-state index is 0.507. The fourth-order valence-electron chi connectivity index (χ4n) is 1.17. The molecule has 0 aromatic carbocycles. The predicted molar refractivity (Wildman–Crippen MR) is 49.2 cm³/mol. The number of hydrogen-bond acceptors (Lipinski definition) is 4. The van der Waals surface area contributed by atoms with Gasteiger partial charge in [0, 0.05) is 6.07 Å². The maximum absolute atomic E-state index is 12.4. The van der Waals surface area contributed by atoms with Crippen molar-refractivity contribution in [3.05, 3.63) is 17.5 Å². The van der Waals surface area contributed by atoms with Crippen LogP contribution in [0.3, 0.4) is 0 Å². The smallest absolute Gasteiger partial charge is 0.491 e. The Morgan fingerprint density at radius 2 is 2.11 bits per heavy atom. The van der Waals surface area contributed by atoms with Crippen molar-refractivity contribution in [1.29, 1.82) is 0 Å². The molecule has 1 rings (SSSR count). The van der Waals surface area contributed by atoms with Gasteiger partial charge < -0.3 is 14.6 Å². The fraction of sp³-hybridized carbons (Fsp3) is 0.333. The summed E-state index contributed by atoms with van der Waals surface area (Å²) in [5.41, 5.74) is -1.36. The van der Waals surface area contributed by atoms with Gasteiger partial charge in [-0.2, -0.15) is 0 Å². The largest absolute Gasteiger partial charge is 0.573 e. The molecule has 0 spiro atoms. The zero-order valence-electron chi connectivity index (χ0n) is 8.92. The quantitative estimate of drug-likeness (QED) is 0.848. The van der Waals surface area contributed by atoms with Crippen molar-refractivity contribution in [1.82, 2.24) is 4.98 Å². The summed E-state index contributed by atoms with van der Waals surface area (Å²) >= 11 is 0. The zero-order valence-corrected chi connectivity index (χ0v) is 8.92. The number of hydrogen-bond donors (Lipinski definition) is 1. The number of halogens is 4. The Morgan fingerprint density at radius 3 is 2.50 bits per heavy atom. The summed E-state index contributed by atoms with van der Waals surface area (Å²) in [5.74, 6) is -3.34. The SMILES string of the molecule is COc1c(OC(F)(F)F)cc(CF)nc1C(=O)O. The Balaban J connectivity index is 3.37. The first-order chi connectivity index (χ1) is 8.28. The van der Waals surface area contributed by atoms with Crippen LogP contribution in [0.25, 0.3) is 0 Å². The van der Waals surface area contributed by atoms with E-state index in [1.807, 2.05) is 0 Å². The van der Waals surface area contributed by atoms with Crippen LogP contribution in [0.4, 0.5) is 17.6 Å². The lowest BCUT2D eigenvalue weighted by Crippen LogP contribution is -2.19. The van der Waals surface area contributed by atoms with E-state index in [2.05, 4.69) is 14.5 Å². The number of carboxylic acids is 1. The molecule has 0 aliphatic heterocycles. The number of carbonyl (C=O) groups is 1. The van der Waals surface area contributed by atoms with Crippen LogP contribution in [0, 0.1) is 0 Å². The Kier molecular flexibility index (Phi) is 3.94. The third-order valence-corrected chi connectivity index (χ3v) is 1.76. The number of methoxy groups -OCH3 is 1. The van der Waals surface area contributed by atoms with Crippen LogP contribution in [0.1, 0.15) is 16.2 Å². The molecular formula is C9H7F4NO4. The highest BCUT2D eigenvalue weighted by Crippen LogP contribution is 2.35. The van der Waals surface area contributed by atoms with Gasteiger partial charge in [-0.15, -0.1) is 13.2 Å². The maximum Gasteiger partial charge on any atom is 0.573 e. The third kappa shape index (κ3) is 3.22. The zero-order chi connectivity index (χ0) is 13.9. The summed E-state index contributed by atoms with van der Waals surface area (Å²) in [4.78, 5) is 14.1. The lowest BCUT2D eigenvalue weighted by molar-refractivity contribution is -0.275. The van der Waals surface area contributed by atoms with E-state index in [1.54, 1.807) is 0 Å². The molecule has 0 aliphatic carbocycles. The summed E-state index contributed by atoms with van der Waals surface area (Å²) in [6, 6.07) is 0.624. The van der Waals surface area contributed by atoms with Crippen LogP contribution in [0.5, 0.6) is 11.5 Å². The number of aromatic nitrogens is 1. The third-order valence-electron chi connectivity index (χ3n) is 1.76. The summed E-state index contributed by atoms with van der Waals surface area (Å²) < 4.78 is 56.7. The normalized spacial score (nSPS) is 11.2. The molecule has 0 aliphatic rings. The molecule has 100 valence electrons. The molecule has 1 N–H and O–H groups in total. The Morgan fingerprint density at radius 1 is 1.50 bits per heavy atom. The summed E-state index contributed by atoms with van der Waals surface area (Å²) in [7, 11) is 0.946. The number of aromatic carboxylic acids is 1. The Hall–Kier alpha value is -2.06. The molecule has 1 heterocycles. The van der Waals surface area contributed by atoms with Crippen molar-refractivity contribution in [3.8, 4) is 11.5 Å². The molecule has 0 saturated carbocycles. The van der Waals surface area contributed by atoms with E-state index in [0.717, 1.165) is 7.11 Å². The number of alkyl halides is 4. The van der Waals surface area contributed by atoms with Crippen LogP contribution in [-0.4, -0.2) is 29.5 Å². The molecular weight excluding hydrogens is 262 g/mol. The molecule has 9 heteroatoms. The summed E-state index contributed by atoms with van der Waals surface area (Å²) in [5, 5.41) is 8.74. The van der Waals surface area contributed by atoms with Crippen molar-refractivity contribution in [3.63, 3.8) is 0 Å². The van der Waals surface area contributed by atoms with Crippen LogP contribution in [0.2, 0.25) is 0 Å². The van der Waals surface area contributed by atoms with Crippen LogP contribution in [-0.2, 0) is 6.67 Å². The van der Waals surface area contributed by atoms with Gasteiger partial charge in [0.2, 0.25) is 0 Å². The van der Waals surface area contributed by atoms with E-state index in [1.165, 1.54) is 0 Å². The van der Waals surface area contributed by atoms with Crippen molar-refractivity contribution in [2.45, 2.75) is 13.0 Å². The van der Waals surface area contributed by atoms with Gasteiger partial charge in [0.1, 0.15) is 6.67 Å². The van der Waals surface area contributed by atoms with Gasteiger partial charge in [-0.05, 0) is 0 Å². The van der Waals surface area contributed by atoms with Crippen LogP contribution in [0.15, 0.2) is 6.07 Å². The van der Waals surface area contributed by atoms with Crippen molar-refractivity contribution in [2.24, 2.45) is 0 Å². The molecule has 0 unspecified atom stereocenters. The first-order valence-electron chi connectivity index (χ1n) is 4.41. The predicted octanol–water partition coefficient (Wildman–Crippen LogP) is 2.16. The average Bonchev–Trinajstić information content (AvgIpc) is 2.25. The summed E-state index contributed by atoms with van der Waals surface area (Å²) in [6.07, 6.45) is -5.06. The molecule has 1 aromatic heterocycles. The first-order valence-corrected chi connectivity index (χ1v) is 4.41. The highest BCUT2D eigenvalue weighted by atomic mass is 19.4. The number of carboxylic acid groups (broad SMARTS) is 1. The maximum atomic E-state index is 12.4. The van der Waals surface area contributed by atoms with E-state index in [0.29, 0.717) is 6.07 Å². The number of rotatable bonds is 4. The number of pyridine rings is 1. The molecule has 5 nitrogen and oxygen atoms in total. The van der Waals surface area contributed by atoms with Crippen LogP contribution < -0.4 is 9.47 Å². The lowest BCUT2D eigenvalue weighted by atomic mass is 10.2. The van der Waals surface area contributed by atoms with Crippen molar-refractivity contribution < 1.29 is 36.9 Å². The van der Waals surface area contributed by atoms with Gasteiger partial charge >= 0.3 is 12.3 Å². The van der Waals surface area contributed by atoms with E-state index >= 15 is 0 Å². The molecule has 0 radical (unpaired) electrons. The second-order valence-electron chi connectivity index (χ2n) is 2.98. The Labute approximate surface area is 98.0 Å². The van der Waals surface area contributed by atoms with Crippen molar-refractivity contribution in [2.75, 3.05) is 7.11 Å². The molecule has 0 bridgehead atoms. The minimum Gasteiger partial charge on any atom is -0.491 e. The minimum atomic E-state index is -5.06. The first kappa shape index (κ1) is 14.0. The molecule has 0 atom stereocenters. The molecule has 1 aromatic rings. The van der Waals surface area contributed by atoms with Gasteiger partial charge in [0.15, 0.2) is 17.2 Å². The topological polar surface area (TPSA) is 68.7 Å². The van der Waals surface area contributed by atoms with Crippen molar-refractivity contribution >= 4 is 5.97 Å². The molecule has 0 amide bonds. The average molecular weight is 269 g/mol. The second kappa shape index (κ2) is 5.07. The van der Waals surface area contributed by atoms with E-state index in [9.17, 15) is 22.4 Å². The fourth-order valence-corrected chi connectivity index (χ4v) is 1.17. The monoisotopic (exact) mass is 269 g/mol. The van der Waals surface area contributed by atoms with Gasteiger partial charge in [-0.3, -0.25) is 0 Å². The standard InChI is InChI=1S/C9H7F4NO4/c1-17-7-5(18-9(11,12)13)2-4(3-10)14-6(7)8(15)16/h2H,3H2,1H3,(H,15,16). The van der Waals surface area contributed by atoms with E-state index in [4.69, 9.17) is 5.11 Å². The number of nitrogens with zero attached hydrogens (tertiary/aromatic N) is 1. The lowest BCUT2D eigenvalue weighted by Gasteiger charge is -2.14. The van der Waals surface area contributed by atoms with Gasteiger partial charge in [0.05, 0.1) is 12.8 Å². The second-order valence-corrected chi connectivity index (χ2v) is 2.98. The molecule has 0 fully saturated rings.